The number of ether oxygens (including phenoxy) is 2. The highest BCUT2D eigenvalue weighted by Crippen LogP contribution is 2.37. The maximum atomic E-state index is 13.0. The summed E-state index contributed by atoms with van der Waals surface area (Å²) in [6, 6.07) is 16.1. The molecule has 8 nitrogen and oxygen atoms in total. The fraction of sp³-hybridized carbons (Fsp3) is 0.250. The Labute approximate surface area is 209 Å². The monoisotopic (exact) mass is 487 g/mol. The summed E-state index contributed by atoms with van der Waals surface area (Å²) >= 11 is 0. The zero-order valence-corrected chi connectivity index (χ0v) is 20.8. The normalized spacial score (nSPS) is 10.8. The van der Waals surface area contributed by atoms with Crippen LogP contribution in [-0.4, -0.2) is 30.2 Å². The molecule has 4 aromatic rings. The van der Waals surface area contributed by atoms with Crippen LogP contribution in [0.15, 0.2) is 59.1 Å². The molecule has 4 rings (SSSR count). The number of nitrogens with zero attached hydrogens (tertiary/aromatic N) is 1. The van der Waals surface area contributed by atoms with E-state index in [0.717, 1.165) is 16.5 Å². The molecule has 36 heavy (non-hydrogen) atoms. The Kier molecular flexibility index (Phi) is 7.53. The number of nitrogens with one attached hydrogen (secondary N) is 2. The van der Waals surface area contributed by atoms with E-state index in [2.05, 4.69) is 15.8 Å². The summed E-state index contributed by atoms with van der Waals surface area (Å²) in [6.45, 7) is 8.44. The predicted molar refractivity (Wildman–Crippen MR) is 139 cm³/mol. The second-order valence-corrected chi connectivity index (χ2v) is 8.32. The Bertz CT molecular complexity index is 1400. The second-order valence-electron chi connectivity index (χ2n) is 8.32. The van der Waals surface area contributed by atoms with Gasteiger partial charge in [-0.05, 0) is 63.1 Å². The topological polar surface area (TPSA) is 103 Å². The molecule has 0 fully saturated rings. The first-order valence-corrected chi connectivity index (χ1v) is 11.8. The summed E-state index contributed by atoms with van der Waals surface area (Å²) < 4.78 is 17.0. The molecule has 0 bridgehead atoms. The molecule has 0 unspecified atom stereocenters. The first kappa shape index (κ1) is 24.8. The van der Waals surface area contributed by atoms with Gasteiger partial charge in [0.2, 0.25) is 5.91 Å². The Balaban J connectivity index is 1.59. The van der Waals surface area contributed by atoms with E-state index in [4.69, 9.17) is 14.0 Å². The third-order valence-corrected chi connectivity index (χ3v) is 5.73. The minimum absolute atomic E-state index is 0.0253. The van der Waals surface area contributed by atoms with Gasteiger partial charge >= 0.3 is 0 Å². The van der Waals surface area contributed by atoms with Gasteiger partial charge in [-0.1, -0.05) is 23.4 Å². The van der Waals surface area contributed by atoms with Gasteiger partial charge in [0.15, 0.2) is 5.58 Å². The number of carbonyl (C=O) groups excluding carboxylic acids is 2. The average molecular weight is 488 g/mol. The van der Waals surface area contributed by atoms with Gasteiger partial charge in [0.1, 0.15) is 17.2 Å². The summed E-state index contributed by atoms with van der Waals surface area (Å²) in [4.78, 5) is 25.7. The molecule has 0 saturated carbocycles. The van der Waals surface area contributed by atoms with Crippen LogP contribution in [0, 0.1) is 13.8 Å². The van der Waals surface area contributed by atoms with E-state index < -0.39 is 0 Å². The molecule has 2 N–H and O–H groups in total. The lowest BCUT2D eigenvalue weighted by molar-refractivity contribution is -0.115. The minimum atomic E-state index is -0.284. The van der Waals surface area contributed by atoms with Gasteiger partial charge in [-0.3, -0.25) is 9.59 Å². The SMILES string of the molecule is CCOc1cc(NC(=O)c2ccccc2)c(OCC)cc1NC(=O)Cc1noc2cc(C)c(C)cc12. The van der Waals surface area contributed by atoms with Gasteiger partial charge in [-0.15, -0.1) is 0 Å². The molecular formula is C28H29N3O5. The van der Waals surface area contributed by atoms with Crippen molar-refractivity contribution in [1.82, 2.24) is 5.16 Å². The van der Waals surface area contributed by atoms with E-state index >= 15 is 0 Å². The smallest absolute Gasteiger partial charge is 0.255 e. The van der Waals surface area contributed by atoms with Gasteiger partial charge in [0, 0.05) is 23.1 Å². The van der Waals surface area contributed by atoms with Crippen LogP contribution in [0.4, 0.5) is 11.4 Å². The minimum Gasteiger partial charge on any atom is -0.492 e. The molecule has 0 aliphatic heterocycles. The van der Waals surface area contributed by atoms with Crippen LogP contribution in [0.1, 0.15) is 41.0 Å². The van der Waals surface area contributed by atoms with Crippen LogP contribution >= 0.6 is 0 Å². The van der Waals surface area contributed by atoms with E-state index in [1.165, 1.54) is 0 Å². The molecule has 1 heterocycles. The number of rotatable bonds is 9. The zero-order valence-electron chi connectivity index (χ0n) is 20.8. The summed E-state index contributed by atoms with van der Waals surface area (Å²) in [5.74, 6) is 0.264. The Morgan fingerprint density at radius 2 is 1.47 bits per heavy atom. The van der Waals surface area contributed by atoms with Crippen molar-refractivity contribution < 1.29 is 23.6 Å². The molecule has 1 aromatic heterocycles. The maximum absolute atomic E-state index is 13.0. The molecule has 0 atom stereocenters. The lowest BCUT2D eigenvalue weighted by Gasteiger charge is -2.18. The Morgan fingerprint density at radius 3 is 2.11 bits per heavy atom. The van der Waals surface area contributed by atoms with Crippen LogP contribution < -0.4 is 20.1 Å². The lowest BCUT2D eigenvalue weighted by atomic mass is 10.1. The first-order chi connectivity index (χ1) is 17.4. The number of aromatic nitrogens is 1. The number of amides is 2. The van der Waals surface area contributed by atoms with Crippen molar-refractivity contribution in [2.45, 2.75) is 34.1 Å². The fourth-order valence-electron chi connectivity index (χ4n) is 3.81. The molecule has 0 aliphatic rings. The number of benzene rings is 3. The van der Waals surface area contributed by atoms with Crippen LogP contribution in [-0.2, 0) is 11.2 Å². The van der Waals surface area contributed by atoms with Crippen molar-refractivity contribution in [3.05, 3.63) is 77.0 Å². The van der Waals surface area contributed by atoms with E-state index in [9.17, 15) is 9.59 Å². The van der Waals surface area contributed by atoms with Gasteiger partial charge in [-0.2, -0.15) is 0 Å². The Morgan fingerprint density at radius 1 is 0.861 bits per heavy atom. The number of fused-ring (bicyclic) bond motifs is 1. The molecule has 8 heteroatoms. The van der Waals surface area contributed by atoms with E-state index in [1.807, 2.05) is 45.9 Å². The van der Waals surface area contributed by atoms with Crippen molar-refractivity contribution >= 4 is 34.2 Å². The third-order valence-electron chi connectivity index (χ3n) is 5.73. The van der Waals surface area contributed by atoms with Crippen LogP contribution in [0.25, 0.3) is 11.0 Å². The Hall–Kier alpha value is -4.33. The van der Waals surface area contributed by atoms with E-state index in [0.29, 0.717) is 52.9 Å². The molecule has 0 spiro atoms. The number of anilines is 2. The number of aryl methyl sites for hydroxylation is 2. The molecule has 0 aliphatic carbocycles. The van der Waals surface area contributed by atoms with Crippen molar-refractivity contribution in [2.24, 2.45) is 0 Å². The van der Waals surface area contributed by atoms with Crippen molar-refractivity contribution in [1.29, 1.82) is 0 Å². The van der Waals surface area contributed by atoms with Crippen LogP contribution in [0.3, 0.4) is 0 Å². The quantitative estimate of drug-likeness (QED) is 0.315. The molecule has 3 aromatic carbocycles. The average Bonchev–Trinajstić information content (AvgIpc) is 3.23. The standard InChI is InChI=1S/C28H29N3O5/c1-5-34-25-15-23(30-28(33)19-10-8-7-9-11-19)26(35-6-2)14-22(25)29-27(32)16-21-20-12-17(3)18(4)13-24(20)36-31-21/h7-15H,5-6,16H2,1-4H3,(H,29,32)(H,30,33). The number of hydrogen-bond donors (Lipinski definition) is 2. The number of hydrogen-bond acceptors (Lipinski definition) is 6. The first-order valence-electron chi connectivity index (χ1n) is 11.8. The van der Waals surface area contributed by atoms with Crippen molar-refractivity contribution in [2.75, 3.05) is 23.8 Å². The largest absolute Gasteiger partial charge is 0.492 e. The van der Waals surface area contributed by atoms with Crippen LogP contribution in [0.5, 0.6) is 11.5 Å². The highest BCUT2D eigenvalue weighted by atomic mass is 16.5. The zero-order chi connectivity index (χ0) is 25.7. The van der Waals surface area contributed by atoms with Crippen molar-refractivity contribution in [3.8, 4) is 11.5 Å². The third kappa shape index (κ3) is 5.49. The van der Waals surface area contributed by atoms with E-state index in [1.54, 1.807) is 36.4 Å². The number of carbonyl (C=O) groups is 2. The van der Waals surface area contributed by atoms with Crippen molar-refractivity contribution in [3.63, 3.8) is 0 Å². The van der Waals surface area contributed by atoms with Gasteiger partial charge in [0.25, 0.3) is 5.91 Å². The molecule has 2 amide bonds. The van der Waals surface area contributed by atoms with Crippen LogP contribution in [0.2, 0.25) is 0 Å². The molecule has 0 radical (unpaired) electrons. The van der Waals surface area contributed by atoms with E-state index in [-0.39, 0.29) is 18.2 Å². The predicted octanol–water partition coefficient (Wildman–Crippen LogP) is 5.68. The fourth-order valence-corrected chi connectivity index (χ4v) is 3.81. The summed E-state index contributed by atoms with van der Waals surface area (Å²) in [5.41, 5.74) is 4.79. The second kappa shape index (κ2) is 10.9. The summed E-state index contributed by atoms with van der Waals surface area (Å²) in [7, 11) is 0. The molecule has 0 saturated heterocycles. The highest BCUT2D eigenvalue weighted by Gasteiger charge is 2.19. The van der Waals surface area contributed by atoms with Gasteiger partial charge in [-0.25, -0.2) is 0 Å². The summed E-state index contributed by atoms with van der Waals surface area (Å²) in [5, 5.41) is 10.7. The lowest BCUT2D eigenvalue weighted by Crippen LogP contribution is -2.17. The summed E-state index contributed by atoms with van der Waals surface area (Å²) in [6.07, 6.45) is 0.0253. The molecular weight excluding hydrogens is 458 g/mol. The maximum Gasteiger partial charge on any atom is 0.255 e. The van der Waals surface area contributed by atoms with Gasteiger partial charge < -0.3 is 24.6 Å². The molecule has 186 valence electrons. The highest BCUT2D eigenvalue weighted by molar-refractivity contribution is 6.05. The van der Waals surface area contributed by atoms with Gasteiger partial charge in [0.05, 0.1) is 31.0 Å².